The summed E-state index contributed by atoms with van der Waals surface area (Å²) in [6.45, 7) is 4.42. The molecule has 2 aliphatic heterocycles. The van der Waals surface area contributed by atoms with Crippen molar-refractivity contribution in [3.05, 3.63) is 11.8 Å². The van der Waals surface area contributed by atoms with Crippen LogP contribution in [0.5, 0.6) is 0 Å². The van der Waals surface area contributed by atoms with Crippen LogP contribution >= 0.6 is 0 Å². The van der Waals surface area contributed by atoms with E-state index in [1.54, 1.807) is 0 Å². The summed E-state index contributed by atoms with van der Waals surface area (Å²) < 4.78 is 12.2. The number of aliphatic hydroxyl groups excluding tert-OH is 1. The van der Waals surface area contributed by atoms with Crippen molar-refractivity contribution in [1.82, 2.24) is 4.90 Å². The number of aliphatic hydroxyl groups is 1. The zero-order chi connectivity index (χ0) is 20.5. The zero-order valence-electron chi connectivity index (χ0n) is 18.3. The lowest BCUT2D eigenvalue weighted by Crippen LogP contribution is -2.43. The minimum Gasteiger partial charge on any atom is -0.459 e. The third-order valence-corrected chi connectivity index (χ3v) is 7.01. The van der Waals surface area contributed by atoms with Crippen molar-refractivity contribution in [2.75, 3.05) is 26.3 Å². The molecular formula is C24H41NO4. The van der Waals surface area contributed by atoms with Gasteiger partial charge in [0.2, 0.25) is 6.29 Å². The van der Waals surface area contributed by atoms with Gasteiger partial charge in [0.25, 0.3) is 5.91 Å². The molecule has 5 heteroatoms. The minimum absolute atomic E-state index is 0.0537. The Balaban J connectivity index is 1.81. The Hall–Kier alpha value is -1.07. The largest absolute Gasteiger partial charge is 0.459 e. The summed E-state index contributed by atoms with van der Waals surface area (Å²) in [5, 5.41) is 9.41. The van der Waals surface area contributed by atoms with Gasteiger partial charge in [-0.2, -0.15) is 0 Å². The van der Waals surface area contributed by atoms with Crippen LogP contribution in [0.25, 0.3) is 0 Å². The molecule has 1 aliphatic carbocycles. The maximum Gasteiger partial charge on any atom is 0.288 e. The Morgan fingerprint density at radius 1 is 1.10 bits per heavy atom. The Morgan fingerprint density at radius 2 is 1.76 bits per heavy atom. The van der Waals surface area contributed by atoms with Gasteiger partial charge in [0.05, 0.1) is 0 Å². The Labute approximate surface area is 176 Å². The van der Waals surface area contributed by atoms with Crippen LogP contribution in [0.4, 0.5) is 0 Å². The molecule has 0 radical (unpaired) electrons. The van der Waals surface area contributed by atoms with Gasteiger partial charge in [-0.25, -0.2) is 0 Å². The van der Waals surface area contributed by atoms with E-state index in [4.69, 9.17) is 9.47 Å². The molecule has 29 heavy (non-hydrogen) atoms. The molecular weight excluding hydrogens is 366 g/mol. The average Bonchev–Trinajstić information content (AvgIpc) is 2.72. The van der Waals surface area contributed by atoms with E-state index in [-0.39, 0.29) is 24.7 Å². The van der Waals surface area contributed by atoms with E-state index in [1.165, 1.54) is 51.4 Å². The molecule has 0 aromatic heterocycles. The normalized spacial score (nSPS) is 29.5. The van der Waals surface area contributed by atoms with Gasteiger partial charge < -0.3 is 19.5 Å². The fourth-order valence-electron chi connectivity index (χ4n) is 5.44. The summed E-state index contributed by atoms with van der Waals surface area (Å²) in [4.78, 5) is 15.4. The maximum atomic E-state index is 13.4. The molecule has 2 heterocycles. The molecule has 5 nitrogen and oxygen atoms in total. The fourth-order valence-corrected chi connectivity index (χ4v) is 5.44. The van der Waals surface area contributed by atoms with Crippen molar-refractivity contribution in [2.45, 2.75) is 90.3 Å². The highest BCUT2D eigenvalue weighted by molar-refractivity contribution is 5.91. The van der Waals surface area contributed by atoms with E-state index in [1.807, 2.05) is 11.8 Å². The minimum atomic E-state index is -0.378. The summed E-state index contributed by atoms with van der Waals surface area (Å²) in [5.41, 5.74) is 0. The molecule has 0 aromatic rings. The maximum absolute atomic E-state index is 13.4. The van der Waals surface area contributed by atoms with E-state index in [9.17, 15) is 9.90 Å². The van der Waals surface area contributed by atoms with E-state index in [0.717, 1.165) is 38.8 Å². The first-order valence-electron chi connectivity index (χ1n) is 12.1. The van der Waals surface area contributed by atoms with Gasteiger partial charge in [-0.05, 0) is 63.4 Å². The molecule has 166 valence electrons. The summed E-state index contributed by atoms with van der Waals surface area (Å²) in [6.07, 6.45) is 15.6. The van der Waals surface area contributed by atoms with Crippen molar-refractivity contribution in [2.24, 2.45) is 17.8 Å². The van der Waals surface area contributed by atoms with Crippen LogP contribution in [0.2, 0.25) is 0 Å². The predicted octanol–water partition coefficient (Wildman–Crippen LogP) is 4.64. The zero-order valence-corrected chi connectivity index (χ0v) is 18.3. The molecule has 1 saturated heterocycles. The number of carbonyl (C=O) groups is 1. The van der Waals surface area contributed by atoms with Crippen LogP contribution in [0.1, 0.15) is 84.0 Å². The smallest absolute Gasteiger partial charge is 0.288 e. The van der Waals surface area contributed by atoms with Gasteiger partial charge >= 0.3 is 0 Å². The van der Waals surface area contributed by atoms with E-state index in [0.29, 0.717) is 24.2 Å². The second-order valence-electron chi connectivity index (χ2n) is 9.04. The number of allylic oxidation sites excluding steroid dienone is 1. The van der Waals surface area contributed by atoms with Crippen molar-refractivity contribution in [1.29, 1.82) is 0 Å². The van der Waals surface area contributed by atoms with Crippen LogP contribution in [0, 0.1) is 17.8 Å². The van der Waals surface area contributed by atoms with E-state index < -0.39 is 0 Å². The molecule has 3 atom stereocenters. The predicted molar refractivity (Wildman–Crippen MR) is 114 cm³/mol. The number of amides is 1. The van der Waals surface area contributed by atoms with Gasteiger partial charge in [-0.15, -0.1) is 0 Å². The molecule has 0 bridgehead atoms. The first kappa shape index (κ1) is 22.6. The average molecular weight is 408 g/mol. The number of rotatable bonds is 7. The van der Waals surface area contributed by atoms with Crippen molar-refractivity contribution in [3.63, 3.8) is 0 Å². The molecule has 2 fully saturated rings. The van der Waals surface area contributed by atoms with Crippen LogP contribution in [0.3, 0.4) is 0 Å². The standard InChI is InChI=1S/C24H41NO4/c1-2-28-24-20(14-11-17-26)21(19-12-7-6-8-13-19)18-22(29-24)23(27)25-15-9-4-3-5-10-16-25/h18-21,24,26H,2-17H2,1H3/t20-,21-,24-/m0/s1. The van der Waals surface area contributed by atoms with Crippen LogP contribution < -0.4 is 0 Å². The summed E-state index contributed by atoms with van der Waals surface area (Å²) >= 11 is 0. The van der Waals surface area contributed by atoms with E-state index in [2.05, 4.69) is 6.08 Å². The first-order chi connectivity index (χ1) is 14.2. The third-order valence-electron chi connectivity index (χ3n) is 7.01. The van der Waals surface area contributed by atoms with Gasteiger partial charge in [-0.3, -0.25) is 4.79 Å². The van der Waals surface area contributed by atoms with Gasteiger partial charge in [0.1, 0.15) is 0 Å². The highest BCUT2D eigenvalue weighted by Crippen LogP contribution is 2.42. The summed E-state index contributed by atoms with van der Waals surface area (Å²) in [5.74, 6) is 1.68. The third kappa shape index (κ3) is 6.21. The highest BCUT2D eigenvalue weighted by Gasteiger charge is 2.41. The van der Waals surface area contributed by atoms with E-state index >= 15 is 0 Å². The molecule has 0 spiro atoms. The lowest BCUT2D eigenvalue weighted by Gasteiger charge is -2.42. The Bertz CT molecular complexity index is 521. The molecule has 3 aliphatic rings. The Morgan fingerprint density at radius 3 is 2.41 bits per heavy atom. The van der Waals surface area contributed by atoms with Crippen molar-refractivity contribution >= 4 is 5.91 Å². The molecule has 1 saturated carbocycles. The van der Waals surface area contributed by atoms with Crippen molar-refractivity contribution < 1.29 is 19.4 Å². The second-order valence-corrected chi connectivity index (χ2v) is 9.04. The lowest BCUT2D eigenvalue weighted by molar-refractivity contribution is -0.180. The van der Waals surface area contributed by atoms with Gasteiger partial charge in [0.15, 0.2) is 5.76 Å². The van der Waals surface area contributed by atoms with Gasteiger partial charge in [-0.1, -0.05) is 38.5 Å². The van der Waals surface area contributed by atoms with Crippen LogP contribution in [-0.4, -0.2) is 48.5 Å². The topological polar surface area (TPSA) is 59.0 Å². The van der Waals surface area contributed by atoms with Crippen molar-refractivity contribution in [3.8, 4) is 0 Å². The summed E-state index contributed by atoms with van der Waals surface area (Å²) in [7, 11) is 0. The molecule has 1 amide bonds. The first-order valence-corrected chi connectivity index (χ1v) is 12.1. The number of hydrogen-bond donors (Lipinski definition) is 1. The number of hydrogen-bond acceptors (Lipinski definition) is 4. The monoisotopic (exact) mass is 407 g/mol. The number of nitrogens with zero attached hydrogens (tertiary/aromatic N) is 1. The lowest BCUT2D eigenvalue weighted by atomic mass is 9.71. The van der Waals surface area contributed by atoms with Gasteiger partial charge in [0, 0.05) is 32.2 Å². The second kappa shape index (κ2) is 11.9. The number of likely N-dealkylation sites (tertiary alicyclic amines) is 1. The molecule has 3 rings (SSSR count). The number of carbonyl (C=O) groups excluding carboxylic acids is 1. The van der Waals surface area contributed by atoms with Crippen LogP contribution in [0.15, 0.2) is 11.8 Å². The highest BCUT2D eigenvalue weighted by atomic mass is 16.7. The molecule has 0 unspecified atom stereocenters. The SMILES string of the molecule is CCO[C@H]1OC(C(=O)N2CCCCCCC2)=C[C@@H](C2CCCCC2)[C@@H]1CCCO. The Kier molecular flexibility index (Phi) is 9.32. The summed E-state index contributed by atoms with van der Waals surface area (Å²) in [6, 6.07) is 0. The molecule has 1 N–H and O–H groups in total. The van der Waals surface area contributed by atoms with Crippen LogP contribution in [-0.2, 0) is 14.3 Å². The quantitative estimate of drug-likeness (QED) is 0.668. The molecule has 0 aromatic carbocycles. The number of ether oxygens (including phenoxy) is 2. The fraction of sp³-hybridized carbons (Fsp3) is 0.875.